The second-order valence-corrected chi connectivity index (χ2v) is 8.88. The maximum atomic E-state index is 12.7. The molecule has 0 atom stereocenters. The summed E-state index contributed by atoms with van der Waals surface area (Å²) in [6.45, 7) is 4.00. The van der Waals surface area contributed by atoms with E-state index in [9.17, 15) is 8.42 Å². The van der Waals surface area contributed by atoms with Crippen LogP contribution < -0.4 is 5.73 Å². The molecule has 0 spiro atoms. The lowest BCUT2D eigenvalue weighted by Gasteiger charge is -2.19. The molecule has 1 heterocycles. The second-order valence-electron chi connectivity index (χ2n) is 4.95. The van der Waals surface area contributed by atoms with Gasteiger partial charge in [-0.1, -0.05) is 0 Å². The standard InChI is InChI=1S/C14H17BrN2O2S2/c1-9-4-12(16)6-14(10(9)2)21(18,19)17(3)7-13-5-11(15)8-20-13/h4-6,8H,7,16H2,1-3H3. The minimum atomic E-state index is -3.56. The highest BCUT2D eigenvalue weighted by Gasteiger charge is 2.24. The monoisotopic (exact) mass is 388 g/mol. The number of hydrogen-bond acceptors (Lipinski definition) is 4. The molecule has 0 saturated heterocycles. The number of rotatable bonds is 4. The van der Waals surface area contributed by atoms with E-state index in [2.05, 4.69) is 15.9 Å². The number of nitrogens with two attached hydrogens (primary N) is 1. The fourth-order valence-electron chi connectivity index (χ4n) is 2.03. The van der Waals surface area contributed by atoms with E-state index in [4.69, 9.17) is 5.73 Å². The van der Waals surface area contributed by atoms with Crippen LogP contribution in [0, 0.1) is 13.8 Å². The number of nitrogen functional groups attached to an aromatic ring is 1. The lowest BCUT2D eigenvalue weighted by molar-refractivity contribution is 0.469. The van der Waals surface area contributed by atoms with E-state index in [1.54, 1.807) is 20.0 Å². The van der Waals surface area contributed by atoms with Crippen LogP contribution in [0.1, 0.15) is 16.0 Å². The average Bonchev–Trinajstić information content (AvgIpc) is 2.79. The van der Waals surface area contributed by atoms with E-state index < -0.39 is 10.0 Å². The van der Waals surface area contributed by atoms with Crippen LogP contribution >= 0.6 is 27.3 Å². The van der Waals surface area contributed by atoms with Gasteiger partial charge in [-0.2, -0.15) is 4.31 Å². The van der Waals surface area contributed by atoms with Gasteiger partial charge in [0.25, 0.3) is 0 Å². The number of nitrogens with zero attached hydrogens (tertiary/aromatic N) is 1. The van der Waals surface area contributed by atoms with Crippen molar-refractivity contribution in [2.24, 2.45) is 0 Å². The predicted molar refractivity (Wildman–Crippen MR) is 91.0 cm³/mol. The van der Waals surface area contributed by atoms with Crippen LogP contribution in [-0.2, 0) is 16.6 Å². The Morgan fingerprint density at radius 3 is 2.52 bits per heavy atom. The molecule has 7 heteroatoms. The molecule has 0 unspecified atom stereocenters. The van der Waals surface area contributed by atoms with Crippen molar-refractivity contribution in [1.82, 2.24) is 4.31 Å². The van der Waals surface area contributed by atoms with E-state index in [1.165, 1.54) is 21.7 Å². The van der Waals surface area contributed by atoms with Crippen molar-refractivity contribution >= 4 is 43.0 Å². The summed E-state index contributed by atoms with van der Waals surface area (Å²) >= 11 is 4.90. The van der Waals surface area contributed by atoms with Crippen molar-refractivity contribution in [2.45, 2.75) is 25.3 Å². The smallest absolute Gasteiger partial charge is 0.243 e. The Labute approximate surface area is 137 Å². The summed E-state index contributed by atoms with van der Waals surface area (Å²) in [5, 5.41) is 1.94. The van der Waals surface area contributed by atoms with Crippen molar-refractivity contribution in [3.05, 3.63) is 44.1 Å². The van der Waals surface area contributed by atoms with Crippen LogP contribution in [0.15, 0.2) is 32.9 Å². The molecule has 2 N–H and O–H groups in total. The Hall–Kier alpha value is -0.890. The number of aryl methyl sites for hydroxylation is 1. The fraction of sp³-hybridized carbons (Fsp3) is 0.286. The molecule has 0 fully saturated rings. The van der Waals surface area contributed by atoms with E-state index in [-0.39, 0.29) is 4.90 Å². The van der Waals surface area contributed by atoms with E-state index in [0.717, 1.165) is 20.5 Å². The van der Waals surface area contributed by atoms with Crippen molar-refractivity contribution in [3.8, 4) is 0 Å². The molecule has 0 aliphatic carbocycles. The molecule has 114 valence electrons. The quantitative estimate of drug-likeness (QED) is 0.814. The van der Waals surface area contributed by atoms with Crippen LogP contribution in [0.4, 0.5) is 5.69 Å². The zero-order valence-corrected chi connectivity index (χ0v) is 15.3. The first kappa shape index (κ1) is 16.5. The largest absolute Gasteiger partial charge is 0.399 e. The lowest BCUT2D eigenvalue weighted by Crippen LogP contribution is -2.27. The average molecular weight is 389 g/mol. The Balaban J connectivity index is 2.37. The SMILES string of the molecule is Cc1cc(N)cc(S(=O)(=O)N(C)Cc2cc(Br)cs2)c1C. The topological polar surface area (TPSA) is 63.4 Å². The van der Waals surface area contributed by atoms with Crippen molar-refractivity contribution in [2.75, 3.05) is 12.8 Å². The van der Waals surface area contributed by atoms with E-state index in [1.807, 2.05) is 18.4 Å². The molecule has 0 aliphatic heterocycles. The van der Waals surface area contributed by atoms with Crippen molar-refractivity contribution < 1.29 is 8.42 Å². The van der Waals surface area contributed by atoms with Gasteiger partial charge in [-0.3, -0.25) is 0 Å². The van der Waals surface area contributed by atoms with Gasteiger partial charge in [0.2, 0.25) is 10.0 Å². The molecule has 2 rings (SSSR count). The molecular formula is C14H17BrN2O2S2. The van der Waals surface area contributed by atoms with Crippen LogP contribution in [0.3, 0.4) is 0 Å². The summed E-state index contributed by atoms with van der Waals surface area (Å²) in [5.41, 5.74) is 7.87. The second kappa shape index (κ2) is 6.08. The molecule has 0 radical (unpaired) electrons. The van der Waals surface area contributed by atoms with Crippen LogP contribution in [-0.4, -0.2) is 19.8 Å². The number of hydrogen-bond donors (Lipinski definition) is 1. The van der Waals surface area contributed by atoms with Gasteiger partial charge in [0, 0.05) is 34.0 Å². The molecule has 1 aromatic heterocycles. The third-order valence-corrected chi connectivity index (χ3v) is 6.94. The number of anilines is 1. The third kappa shape index (κ3) is 3.48. The molecule has 4 nitrogen and oxygen atoms in total. The zero-order chi connectivity index (χ0) is 15.8. The molecular weight excluding hydrogens is 372 g/mol. The van der Waals surface area contributed by atoms with Gasteiger partial charge in [-0.15, -0.1) is 11.3 Å². The Bertz CT molecular complexity index is 769. The first-order chi connectivity index (χ1) is 9.71. The maximum Gasteiger partial charge on any atom is 0.243 e. The van der Waals surface area contributed by atoms with Gasteiger partial charge in [0.15, 0.2) is 0 Å². The summed E-state index contributed by atoms with van der Waals surface area (Å²) in [4.78, 5) is 1.25. The fourth-order valence-corrected chi connectivity index (χ4v) is 5.09. The van der Waals surface area contributed by atoms with Crippen LogP contribution in [0.5, 0.6) is 0 Å². The van der Waals surface area contributed by atoms with Gasteiger partial charge in [0.1, 0.15) is 0 Å². The molecule has 0 bridgehead atoms. The maximum absolute atomic E-state index is 12.7. The van der Waals surface area contributed by atoms with Gasteiger partial charge in [-0.05, 0) is 59.1 Å². The summed E-state index contributed by atoms with van der Waals surface area (Å²) in [6, 6.07) is 5.23. The molecule has 21 heavy (non-hydrogen) atoms. The Morgan fingerprint density at radius 1 is 1.29 bits per heavy atom. The number of thiophene rings is 1. The first-order valence-electron chi connectivity index (χ1n) is 6.28. The van der Waals surface area contributed by atoms with Gasteiger partial charge in [0.05, 0.1) is 4.90 Å². The normalized spacial score (nSPS) is 12.0. The van der Waals surface area contributed by atoms with Crippen molar-refractivity contribution in [1.29, 1.82) is 0 Å². The van der Waals surface area contributed by atoms with E-state index >= 15 is 0 Å². The first-order valence-corrected chi connectivity index (χ1v) is 9.39. The minimum absolute atomic E-state index is 0.276. The highest BCUT2D eigenvalue weighted by molar-refractivity contribution is 9.10. The highest BCUT2D eigenvalue weighted by atomic mass is 79.9. The Morgan fingerprint density at radius 2 is 1.95 bits per heavy atom. The zero-order valence-electron chi connectivity index (χ0n) is 12.1. The van der Waals surface area contributed by atoms with Gasteiger partial charge in [-0.25, -0.2) is 8.42 Å². The molecule has 0 amide bonds. The van der Waals surface area contributed by atoms with Gasteiger partial charge >= 0.3 is 0 Å². The minimum Gasteiger partial charge on any atom is -0.399 e. The summed E-state index contributed by atoms with van der Waals surface area (Å²) in [7, 11) is -1.97. The molecule has 1 aromatic carbocycles. The van der Waals surface area contributed by atoms with Crippen molar-refractivity contribution in [3.63, 3.8) is 0 Å². The van der Waals surface area contributed by atoms with E-state index in [0.29, 0.717) is 12.2 Å². The summed E-state index contributed by atoms with van der Waals surface area (Å²) in [5.74, 6) is 0. The summed E-state index contributed by atoms with van der Waals surface area (Å²) in [6.07, 6.45) is 0. The number of sulfonamides is 1. The third-order valence-electron chi connectivity index (χ3n) is 3.33. The molecule has 2 aromatic rings. The molecule has 0 aliphatic rings. The van der Waals surface area contributed by atoms with Gasteiger partial charge < -0.3 is 5.73 Å². The number of halogens is 1. The lowest BCUT2D eigenvalue weighted by atomic mass is 10.1. The Kier molecular flexibility index (Phi) is 4.77. The predicted octanol–water partition coefficient (Wildman–Crippen LogP) is 3.53. The van der Waals surface area contributed by atoms with Crippen LogP contribution in [0.25, 0.3) is 0 Å². The van der Waals surface area contributed by atoms with Crippen LogP contribution in [0.2, 0.25) is 0 Å². The highest BCUT2D eigenvalue weighted by Crippen LogP contribution is 2.27. The summed E-state index contributed by atoms with van der Waals surface area (Å²) < 4.78 is 27.8. The number of benzene rings is 1. The molecule has 0 saturated carbocycles.